The first-order chi connectivity index (χ1) is 10.6. The fourth-order valence-electron chi connectivity index (χ4n) is 2.35. The zero-order valence-electron chi connectivity index (χ0n) is 11.8. The summed E-state index contributed by atoms with van der Waals surface area (Å²) < 4.78 is 2.19. The summed E-state index contributed by atoms with van der Waals surface area (Å²) in [6.45, 7) is 1.73. The smallest absolute Gasteiger partial charge is 0.282 e. The van der Waals surface area contributed by atoms with Crippen LogP contribution in [-0.4, -0.2) is 15.6 Å². The topological polar surface area (TPSA) is 54.9 Å². The zero-order chi connectivity index (χ0) is 15.7. The van der Waals surface area contributed by atoms with Crippen LogP contribution in [0.1, 0.15) is 21.6 Å². The molecule has 0 spiro atoms. The summed E-state index contributed by atoms with van der Waals surface area (Å²) in [4.78, 5) is 25.2. The minimum atomic E-state index is -0.339. The van der Waals surface area contributed by atoms with E-state index in [9.17, 15) is 9.59 Å². The fraction of sp³-hybridized carbons (Fsp3) is 0.0588. The maximum atomic E-state index is 12.6. The Morgan fingerprint density at radius 1 is 1.09 bits per heavy atom. The monoisotopic (exact) mass is 356 g/mol. The van der Waals surface area contributed by atoms with E-state index in [0.29, 0.717) is 16.9 Å². The van der Waals surface area contributed by atoms with Crippen LogP contribution in [0.2, 0.25) is 0 Å². The highest BCUT2D eigenvalue weighted by Gasteiger charge is 2.20. The van der Waals surface area contributed by atoms with Crippen molar-refractivity contribution in [1.82, 2.24) is 9.78 Å². The van der Waals surface area contributed by atoms with Crippen molar-refractivity contribution in [2.75, 3.05) is 0 Å². The normalized spacial score (nSPS) is 10.6. The number of para-hydroxylation sites is 1. The van der Waals surface area contributed by atoms with E-state index in [-0.39, 0.29) is 16.9 Å². The van der Waals surface area contributed by atoms with Crippen LogP contribution >= 0.6 is 15.9 Å². The molecule has 0 amide bonds. The first kappa shape index (κ1) is 14.5. The van der Waals surface area contributed by atoms with E-state index in [0.717, 1.165) is 4.47 Å². The first-order valence-corrected chi connectivity index (χ1v) is 7.54. The molecule has 1 N–H and O–H groups in total. The largest absolute Gasteiger partial charge is 0.295 e. The molecule has 0 saturated heterocycles. The zero-order valence-corrected chi connectivity index (χ0v) is 13.4. The number of benzene rings is 2. The highest BCUT2D eigenvalue weighted by atomic mass is 79.9. The number of halogens is 1. The summed E-state index contributed by atoms with van der Waals surface area (Å²) in [6.07, 6.45) is 0. The number of nitrogens with zero attached hydrogens (tertiary/aromatic N) is 1. The third kappa shape index (κ3) is 2.55. The van der Waals surface area contributed by atoms with E-state index in [1.807, 2.05) is 36.4 Å². The number of aromatic amines is 1. The molecule has 0 aliphatic carbocycles. The minimum absolute atomic E-state index is 0.168. The van der Waals surface area contributed by atoms with Gasteiger partial charge in [0.15, 0.2) is 0 Å². The first-order valence-electron chi connectivity index (χ1n) is 6.75. The lowest BCUT2D eigenvalue weighted by atomic mass is 10.0. The number of aromatic nitrogens is 2. The third-order valence-corrected chi connectivity index (χ3v) is 3.89. The highest BCUT2D eigenvalue weighted by molar-refractivity contribution is 9.10. The predicted molar refractivity (Wildman–Crippen MR) is 88.7 cm³/mol. The van der Waals surface area contributed by atoms with Crippen molar-refractivity contribution in [3.8, 4) is 5.69 Å². The van der Waals surface area contributed by atoms with Gasteiger partial charge in [-0.05, 0) is 31.2 Å². The van der Waals surface area contributed by atoms with Crippen molar-refractivity contribution >= 4 is 21.7 Å². The number of aryl methyl sites for hydroxylation is 1. The summed E-state index contributed by atoms with van der Waals surface area (Å²) in [5.41, 5.74) is 1.56. The Bertz CT molecular complexity index is 895. The van der Waals surface area contributed by atoms with E-state index < -0.39 is 0 Å². The Labute approximate surface area is 135 Å². The second-order valence-corrected chi connectivity index (χ2v) is 5.84. The third-order valence-electron chi connectivity index (χ3n) is 3.40. The molecule has 0 unspecified atom stereocenters. The average molecular weight is 357 g/mol. The number of nitrogens with one attached hydrogen (secondary N) is 1. The van der Waals surface area contributed by atoms with E-state index in [4.69, 9.17) is 0 Å². The van der Waals surface area contributed by atoms with Gasteiger partial charge in [0, 0.05) is 15.7 Å². The van der Waals surface area contributed by atoms with Crippen LogP contribution in [0.4, 0.5) is 0 Å². The standard InChI is InChI=1S/C17H13BrN2O2/c1-11-15(16(21)12-6-5-7-13(18)10-12)17(22)20(19-11)14-8-3-2-4-9-14/h2-10,19H,1H3. The lowest BCUT2D eigenvalue weighted by molar-refractivity contribution is 0.103. The highest BCUT2D eigenvalue weighted by Crippen LogP contribution is 2.16. The van der Waals surface area contributed by atoms with Crippen molar-refractivity contribution in [1.29, 1.82) is 0 Å². The Morgan fingerprint density at radius 2 is 1.82 bits per heavy atom. The maximum Gasteiger partial charge on any atom is 0.282 e. The summed E-state index contributed by atoms with van der Waals surface area (Å²) >= 11 is 3.34. The van der Waals surface area contributed by atoms with Crippen molar-refractivity contribution < 1.29 is 4.79 Å². The van der Waals surface area contributed by atoms with Gasteiger partial charge in [-0.3, -0.25) is 14.7 Å². The van der Waals surface area contributed by atoms with Crippen LogP contribution in [-0.2, 0) is 0 Å². The predicted octanol–water partition coefficient (Wildman–Crippen LogP) is 3.47. The van der Waals surface area contributed by atoms with Crippen molar-refractivity contribution in [2.24, 2.45) is 0 Å². The van der Waals surface area contributed by atoms with Crippen molar-refractivity contribution in [3.05, 3.63) is 86.2 Å². The molecule has 0 fully saturated rings. The molecular weight excluding hydrogens is 344 g/mol. The number of carbonyl (C=O) groups is 1. The van der Waals surface area contributed by atoms with Crippen LogP contribution in [0.3, 0.4) is 0 Å². The molecule has 3 aromatic rings. The van der Waals surface area contributed by atoms with Gasteiger partial charge in [0.1, 0.15) is 5.56 Å². The number of ketones is 1. The lowest BCUT2D eigenvalue weighted by Gasteiger charge is -2.00. The number of carbonyl (C=O) groups excluding carboxylic acids is 1. The molecule has 1 heterocycles. The molecule has 0 aliphatic heterocycles. The van der Waals surface area contributed by atoms with Gasteiger partial charge in [-0.1, -0.05) is 46.3 Å². The van der Waals surface area contributed by atoms with Gasteiger partial charge in [0.05, 0.1) is 5.69 Å². The van der Waals surface area contributed by atoms with E-state index in [1.54, 1.807) is 25.1 Å². The van der Waals surface area contributed by atoms with Gasteiger partial charge in [-0.15, -0.1) is 0 Å². The van der Waals surface area contributed by atoms with E-state index in [1.165, 1.54) is 4.68 Å². The summed E-state index contributed by atoms with van der Waals surface area (Å²) in [5.74, 6) is -0.283. The second kappa shape index (κ2) is 5.77. The quantitative estimate of drug-likeness (QED) is 0.730. The molecule has 0 saturated carbocycles. The summed E-state index contributed by atoms with van der Waals surface area (Å²) in [5, 5.41) is 2.97. The van der Waals surface area contributed by atoms with Crippen LogP contribution < -0.4 is 5.56 Å². The molecule has 0 bridgehead atoms. The molecule has 5 heteroatoms. The fourth-order valence-corrected chi connectivity index (χ4v) is 2.75. The molecule has 0 atom stereocenters. The minimum Gasteiger partial charge on any atom is -0.295 e. The van der Waals surface area contributed by atoms with Gasteiger partial charge in [-0.2, -0.15) is 0 Å². The van der Waals surface area contributed by atoms with Crippen LogP contribution in [0.5, 0.6) is 0 Å². The Kier molecular flexibility index (Phi) is 3.81. The van der Waals surface area contributed by atoms with Gasteiger partial charge < -0.3 is 0 Å². The Morgan fingerprint density at radius 3 is 2.50 bits per heavy atom. The molecule has 110 valence electrons. The van der Waals surface area contributed by atoms with E-state index in [2.05, 4.69) is 21.0 Å². The Balaban J connectivity index is 2.11. The number of H-pyrrole nitrogens is 1. The summed E-state index contributed by atoms with van der Waals surface area (Å²) in [7, 11) is 0. The molecule has 1 aromatic heterocycles. The lowest BCUT2D eigenvalue weighted by Crippen LogP contribution is -2.20. The second-order valence-electron chi connectivity index (χ2n) is 4.93. The number of hydrogen-bond donors (Lipinski definition) is 1. The molecule has 22 heavy (non-hydrogen) atoms. The summed E-state index contributed by atoms with van der Waals surface area (Å²) in [6, 6.07) is 16.2. The van der Waals surface area contributed by atoms with Gasteiger partial charge >= 0.3 is 0 Å². The molecule has 3 rings (SSSR count). The number of rotatable bonds is 3. The van der Waals surface area contributed by atoms with Gasteiger partial charge in [0.2, 0.25) is 5.78 Å². The number of hydrogen-bond acceptors (Lipinski definition) is 2. The van der Waals surface area contributed by atoms with Gasteiger partial charge in [-0.25, -0.2) is 4.68 Å². The molecule has 0 aliphatic rings. The van der Waals surface area contributed by atoms with E-state index >= 15 is 0 Å². The van der Waals surface area contributed by atoms with Crippen LogP contribution in [0, 0.1) is 6.92 Å². The maximum absolute atomic E-state index is 12.6. The molecular formula is C17H13BrN2O2. The Hall–Kier alpha value is -2.40. The molecule has 4 nitrogen and oxygen atoms in total. The molecule has 2 aromatic carbocycles. The molecule has 0 radical (unpaired) electrons. The van der Waals surface area contributed by atoms with Gasteiger partial charge in [0.25, 0.3) is 5.56 Å². The van der Waals surface area contributed by atoms with Crippen LogP contribution in [0.15, 0.2) is 63.9 Å². The van der Waals surface area contributed by atoms with Crippen LogP contribution in [0.25, 0.3) is 5.69 Å². The van der Waals surface area contributed by atoms with Crippen molar-refractivity contribution in [3.63, 3.8) is 0 Å². The average Bonchev–Trinajstić information content (AvgIpc) is 2.82. The van der Waals surface area contributed by atoms with Crippen molar-refractivity contribution in [2.45, 2.75) is 6.92 Å². The SMILES string of the molecule is Cc1[nH]n(-c2ccccc2)c(=O)c1C(=O)c1cccc(Br)c1.